The molecule has 0 spiro atoms. The summed E-state index contributed by atoms with van der Waals surface area (Å²) in [6, 6.07) is 0. The summed E-state index contributed by atoms with van der Waals surface area (Å²) in [5, 5.41) is 5.90. The van der Waals surface area contributed by atoms with E-state index in [4.69, 9.17) is 0 Å². The maximum Gasteiger partial charge on any atom is 0.230 e. The number of hydrogen-bond acceptors (Lipinski definition) is 4. The molecule has 0 fully saturated rings. The van der Waals surface area contributed by atoms with Crippen LogP contribution in [0.3, 0.4) is 0 Å². The second-order valence-electron chi connectivity index (χ2n) is 4.74. The number of carbonyl (C=O) groups is 2. The van der Waals surface area contributed by atoms with Gasteiger partial charge in [-0.25, -0.2) is 0 Å². The first-order valence-electron chi connectivity index (χ1n) is 6.60. The van der Waals surface area contributed by atoms with Gasteiger partial charge in [0.2, 0.25) is 5.91 Å². The Morgan fingerprint density at radius 3 is 2.22 bits per heavy atom. The van der Waals surface area contributed by atoms with Crippen LogP contribution in [0.15, 0.2) is 0 Å². The highest BCUT2D eigenvalue weighted by atomic mass is 16.2. The number of amides is 1. The number of Topliss-reactive ketones (excluding diaryl/α,β-unsaturated/α-hetero) is 1. The predicted molar refractivity (Wildman–Crippen MR) is 73.5 cm³/mol. The third-order valence-corrected chi connectivity index (χ3v) is 2.99. The Balaban J connectivity index is 3.55. The summed E-state index contributed by atoms with van der Waals surface area (Å²) in [5.74, 6) is -0.782. The van der Waals surface area contributed by atoms with Crippen LogP contribution in [0.25, 0.3) is 0 Å². The molecule has 5 heteroatoms. The molecular formula is C13H27N3O2. The molecular weight excluding hydrogens is 230 g/mol. The largest absolute Gasteiger partial charge is 0.355 e. The molecule has 5 nitrogen and oxygen atoms in total. The number of nitrogens with zero attached hydrogens (tertiary/aromatic N) is 1. The van der Waals surface area contributed by atoms with E-state index in [1.54, 1.807) is 6.92 Å². The van der Waals surface area contributed by atoms with E-state index in [1.807, 2.05) is 7.05 Å². The molecule has 1 amide bonds. The lowest BCUT2D eigenvalue weighted by Gasteiger charge is -2.16. The van der Waals surface area contributed by atoms with Gasteiger partial charge in [0.25, 0.3) is 0 Å². The molecule has 0 aliphatic heterocycles. The van der Waals surface area contributed by atoms with Crippen molar-refractivity contribution in [3.63, 3.8) is 0 Å². The van der Waals surface area contributed by atoms with Gasteiger partial charge in [0.05, 0.1) is 5.92 Å². The third kappa shape index (κ3) is 8.20. The molecule has 0 aliphatic rings. The van der Waals surface area contributed by atoms with Gasteiger partial charge in [0.1, 0.15) is 5.78 Å². The zero-order chi connectivity index (χ0) is 14.0. The molecule has 0 aromatic heterocycles. The van der Waals surface area contributed by atoms with Crippen molar-refractivity contribution in [2.45, 2.75) is 26.7 Å². The molecule has 0 saturated carbocycles. The van der Waals surface area contributed by atoms with Crippen molar-refractivity contribution in [2.75, 3.05) is 40.3 Å². The van der Waals surface area contributed by atoms with Gasteiger partial charge in [-0.2, -0.15) is 0 Å². The zero-order valence-corrected chi connectivity index (χ0v) is 12.1. The molecule has 0 rings (SSSR count). The van der Waals surface area contributed by atoms with E-state index in [0.717, 1.165) is 32.5 Å². The molecule has 1 atom stereocenters. The fourth-order valence-corrected chi connectivity index (χ4v) is 1.54. The Morgan fingerprint density at radius 2 is 1.72 bits per heavy atom. The van der Waals surface area contributed by atoms with Gasteiger partial charge in [-0.05, 0) is 60.4 Å². The number of hydrogen-bond donors (Lipinski definition) is 2. The highest BCUT2D eigenvalue weighted by molar-refractivity contribution is 5.99. The fraction of sp³-hybridized carbons (Fsp3) is 0.846. The van der Waals surface area contributed by atoms with Crippen LogP contribution in [0.5, 0.6) is 0 Å². The Hall–Kier alpha value is -0.940. The van der Waals surface area contributed by atoms with Crippen LogP contribution in [-0.4, -0.2) is 56.9 Å². The summed E-state index contributed by atoms with van der Waals surface area (Å²) >= 11 is 0. The summed E-state index contributed by atoms with van der Waals surface area (Å²) < 4.78 is 0. The maximum absolute atomic E-state index is 11.5. The van der Waals surface area contributed by atoms with Crippen LogP contribution in [0, 0.1) is 5.92 Å². The van der Waals surface area contributed by atoms with Crippen LogP contribution in [0.1, 0.15) is 26.7 Å². The molecule has 0 heterocycles. The number of carbonyl (C=O) groups excluding carboxylic acids is 2. The van der Waals surface area contributed by atoms with Crippen LogP contribution in [-0.2, 0) is 9.59 Å². The predicted octanol–water partition coefficient (Wildman–Crippen LogP) is 0.259. The summed E-state index contributed by atoms with van der Waals surface area (Å²) in [5.41, 5.74) is 0. The van der Waals surface area contributed by atoms with E-state index in [9.17, 15) is 9.59 Å². The van der Waals surface area contributed by atoms with Crippen molar-refractivity contribution in [3.8, 4) is 0 Å². The van der Waals surface area contributed by atoms with E-state index in [2.05, 4.69) is 22.6 Å². The fourth-order valence-electron chi connectivity index (χ4n) is 1.54. The molecule has 0 aromatic rings. The van der Waals surface area contributed by atoms with Crippen molar-refractivity contribution in [2.24, 2.45) is 5.92 Å². The molecule has 0 aromatic carbocycles. The number of ketones is 1. The van der Waals surface area contributed by atoms with E-state index in [0.29, 0.717) is 6.54 Å². The average Bonchev–Trinajstić information content (AvgIpc) is 2.33. The van der Waals surface area contributed by atoms with Crippen molar-refractivity contribution in [1.29, 1.82) is 0 Å². The van der Waals surface area contributed by atoms with Crippen molar-refractivity contribution in [3.05, 3.63) is 0 Å². The molecule has 18 heavy (non-hydrogen) atoms. The lowest BCUT2D eigenvalue weighted by atomic mass is 10.1. The Bertz CT molecular complexity index is 257. The van der Waals surface area contributed by atoms with Crippen LogP contribution >= 0.6 is 0 Å². The number of rotatable bonds is 10. The molecule has 0 saturated heterocycles. The minimum absolute atomic E-state index is 0.0864. The van der Waals surface area contributed by atoms with Gasteiger partial charge in [0, 0.05) is 6.54 Å². The minimum Gasteiger partial charge on any atom is -0.355 e. The SMILES string of the molecule is CNCCCN(C)CCCNC(=O)C(C)C(C)=O. The molecule has 2 N–H and O–H groups in total. The average molecular weight is 257 g/mol. The summed E-state index contributed by atoms with van der Waals surface area (Å²) in [6.45, 7) is 6.75. The zero-order valence-electron chi connectivity index (χ0n) is 12.1. The highest BCUT2D eigenvalue weighted by Gasteiger charge is 2.16. The first-order valence-corrected chi connectivity index (χ1v) is 6.60. The van der Waals surface area contributed by atoms with Gasteiger partial charge in [0.15, 0.2) is 0 Å². The number of nitrogens with one attached hydrogen (secondary N) is 2. The third-order valence-electron chi connectivity index (χ3n) is 2.99. The van der Waals surface area contributed by atoms with Crippen molar-refractivity contribution < 1.29 is 9.59 Å². The highest BCUT2D eigenvalue weighted by Crippen LogP contribution is 1.96. The van der Waals surface area contributed by atoms with Gasteiger partial charge >= 0.3 is 0 Å². The first-order chi connectivity index (χ1) is 8.49. The van der Waals surface area contributed by atoms with Crippen molar-refractivity contribution >= 4 is 11.7 Å². The minimum atomic E-state index is -0.529. The summed E-state index contributed by atoms with van der Waals surface area (Å²) in [4.78, 5) is 24.7. The lowest BCUT2D eigenvalue weighted by Crippen LogP contribution is -2.34. The Kier molecular flexibility index (Phi) is 9.50. The topological polar surface area (TPSA) is 61.4 Å². The monoisotopic (exact) mass is 257 g/mol. The maximum atomic E-state index is 11.5. The summed E-state index contributed by atoms with van der Waals surface area (Å²) in [7, 11) is 4.03. The first kappa shape index (κ1) is 17.1. The van der Waals surface area contributed by atoms with E-state index >= 15 is 0 Å². The second kappa shape index (κ2) is 10.0. The van der Waals surface area contributed by atoms with E-state index < -0.39 is 5.92 Å². The summed E-state index contributed by atoms with van der Waals surface area (Å²) in [6.07, 6.45) is 2.03. The van der Waals surface area contributed by atoms with E-state index in [1.165, 1.54) is 6.92 Å². The van der Waals surface area contributed by atoms with Gasteiger partial charge < -0.3 is 15.5 Å². The molecule has 106 valence electrons. The van der Waals surface area contributed by atoms with Gasteiger partial charge in [-0.1, -0.05) is 0 Å². The molecule has 0 bridgehead atoms. The molecule has 1 unspecified atom stereocenters. The lowest BCUT2D eigenvalue weighted by molar-refractivity contribution is -0.132. The smallest absolute Gasteiger partial charge is 0.230 e. The normalized spacial score (nSPS) is 12.5. The Morgan fingerprint density at radius 1 is 1.17 bits per heavy atom. The van der Waals surface area contributed by atoms with Crippen LogP contribution in [0.2, 0.25) is 0 Å². The van der Waals surface area contributed by atoms with Crippen LogP contribution < -0.4 is 10.6 Å². The second-order valence-corrected chi connectivity index (χ2v) is 4.74. The van der Waals surface area contributed by atoms with Gasteiger partial charge in [-0.3, -0.25) is 9.59 Å². The van der Waals surface area contributed by atoms with Crippen molar-refractivity contribution in [1.82, 2.24) is 15.5 Å². The van der Waals surface area contributed by atoms with Gasteiger partial charge in [-0.15, -0.1) is 0 Å². The quantitative estimate of drug-likeness (QED) is 0.435. The molecule has 0 radical (unpaired) electrons. The van der Waals surface area contributed by atoms with Crippen LogP contribution in [0.4, 0.5) is 0 Å². The molecule has 0 aliphatic carbocycles. The Labute approximate surface area is 110 Å². The standard InChI is InChI=1S/C13H27N3O2/c1-11(12(2)17)13(18)15-8-6-10-16(4)9-5-7-14-3/h11,14H,5-10H2,1-4H3,(H,15,18). The van der Waals surface area contributed by atoms with E-state index in [-0.39, 0.29) is 11.7 Å².